The van der Waals surface area contributed by atoms with Crippen molar-refractivity contribution in [3.05, 3.63) is 55.1 Å². The molecule has 2 aromatic rings. The van der Waals surface area contributed by atoms with Gasteiger partial charge in [-0.15, -0.1) is 11.3 Å². The molecule has 1 unspecified atom stereocenters. The molecule has 0 aliphatic rings. The van der Waals surface area contributed by atoms with Crippen LogP contribution < -0.4 is 5.73 Å². The number of hydrogen-bond acceptors (Lipinski definition) is 2. The molecule has 0 spiro atoms. The van der Waals surface area contributed by atoms with Gasteiger partial charge in [0.2, 0.25) is 0 Å². The molecule has 0 fully saturated rings. The van der Waals surface area contributed by atoms with Gasteiger partial charge in [-0.3, -0.25) is 0 Å². The van der Waals surface area contributed by atoms with E-state index in [4.69, 9.17) is 17.3 Å². The summed E-state index contributed by atoms with van der Waals surface area (Å²) in [7, 11) is 0. The predicted molar refractivity (Wildman–Crippen MR) is 74.0 cm³/mol. The van der Waals surface area contributed by atoms with Gasteiger partial charge in [0.05, 0.1) is 8.81 Å². The van der Waals surface area contributed by atoms with Gasteiger partial charge in [0, 0.05) is 10.9 Å². The fourth-order valence-corrected chi connectivity index (χ4v) is 3.34. The van der Waals surface area contributed by atoms with E-state index >= 15 is 0 Å². The lowest BCUT2D eigenvalue weighted by atomic mass is 10.0. The van der Waals surface area contributed by atoms with Gasteiger partial charge in [-0.25, -0.2) is 8.78 Å². The van der Waals surface area contributed by atoms with E-state index in [0.717, 1.165) is 14.7 Å². The number of halogens is 4. The molecule has 1 heterocycles. The molecule has 1 atom stereocenters. The second-order valence-corrected chi connectivity index (χ2v) is 6.60. The van der Waals surface area contributed by atoms with E-state index in [1.165, 1.54) is 23.5 Å². The maximum absolute atomic E-state index is 13.5. The summed E-state index contributed by atoms with van der Waals surface area (Å²) in [5, 5.41) is 0.574. The van der Waals surface area contributed by atoms with Crippen LogP contribution >= 0.6 is 38.9 Å². The van der Waals surface area contributed by atoms with Crippen molar-refractivity contribution in [2.75, 3.05) is 0 Å². The third kappa shape index (κ3) is 2.91. The van der Waals surface area contributed by atoms with Crippen LogP contribution in [0.25, 0.3) is 0 Å². The van der Waals surface area contributed by atoms with Gasteiger partial charge in [-0.2, -0.15) is 0 Å². The Morgan fingerprint density at radius 3 is 2.72 bits per heavy atom. The van der Waals surface area contributed by atoms with Crippen LogP contribution in [-0.2, 0) is 6.42 Å². The van der Waals surface area contributed by atoms with E-state index in [1.54, 1.807) is 6.07 Å². The molecule has 0 saturated carbocycles. The summed E-state index contributed by atoms with van der Waals surface area (Å²) in [6.45, 7) is 0. The Morgan fingerprint density at radius 2 is 2.11 bits per heavy atom. The molecule has 1 aromatic carbocycles. The van der Waals surface area contributed by atoms with Gasteiger partial charge in [-0.1, -0.05) is 23.7 Å². The Kier molecular flexibility index (Phi) is 4.37. The highest BCUT2D eigenvalue weighted by molar-refractivity contribution is 9.11. The van der Waals surface area contributed by atoms with Crippen molar-refractivity contribution in [1.82, 2.24) is 0 Å². The predicted octanol–water partition coefficient (Wildman–Crippen LogP) is 4.68. The SMILES string of the molecule is NC(Cc1cccc(F)c1F)c1cc(Cl)c(Br)s1. The minimum Gasteiger partial charge on any atom is -0.323 e. The van der Waals surface area contributed by atoms with E-state index in [2.05, 4.69) is 15.9 Å². The number of thiophene rings is 1. The Hall–Kier alpha value is -0.490. The first-order valence-corrected chi connectivity index (χ1v) is 7.11. The number of benzene rings is 1. The van der Waals surface area contributed by atoms with Gasteiger partial charge in [0.25, 0.3) is 0 Å². The summed E-state index contributed by atoms with van der Waals surface area (Å²) in [4.78, 5) is 0.829. The zero-order chi connectivity index (χ0) is 13.3. The molecule has 0 bridgehead atoms. The van der Waals surface area contributed by atoms with Gasteiger partial charge in [0.15, 0.2) is 11.6 Å². The maximum atomic E-state index is 13.5. The Balaban J connectivity index is 2.21. The average Bonchev–Trinajstić information content (AvgIpc) is 2.66. The van der Waals surface area contributed by atoms with Gasteiger partial charge < -0.3 is 5.73 Å². The lowest BCUT2D eigenvalue weighted by molar-refractivity contribution is 0.494. The van der Waals surface area contributed by atoms with Crippen LogP contribution in [0.1, 0.15) is 16.5 Å². The first-order chi connectivity index (χ1) is 8.49. The highest BCUT2D eigenvalue weighted by atomic mass is 79.9. The summed E-state index contributed by atoms with van der Waals surface area (Å²) >= 11 is 10.6. The van der Waals surface area contributed by atoms with E-state index in [-0.39, 0.29) is 12.0 Å². The van der Waals surface area contributed by atoms with Gasteiger partial charge in [-0.05, 0) is 40.0 Å². The van der Waals surface area contributed by atoms with Crippen molar-refractivity contribution in [2.45, 2.75) is 12.5 Å². The zero-order valence-electron chi connectivity index (χ0n) is 9.09. The van der Waals surface area contributed by atoms with E-state index in [1.807, 2.05) is 0 Å². The first kappa shape index (κ1) is 13.9. The lowest BCUT2D eigenvalue weighted by Crippen LogP contribution is -2.13. The average molecular weight is 353 g/mol. The van der Waals surface area contributed by atoms with Crippen LogP contribution in [0.3, 0.4) is 0 Å². The Bertz CT molecular complexity index is 554. The molecule has 0 saturated heterocycles. The summed E-state index contributed by atoms with van der Waals surface area (Å²) in [5.41, 5.74) is 6.24. The van der Waals surface area contributed by atoms with Gasteiger partial charge in [0.1, 0.15) is 0 Å². The van der Waals surface area contributed by atoms with Crippen molar-refractivity contribution in [3.63, 3.8) is 0 Å². The normalized spacial score (nSPS) is 12.7. The number of rotatable bonds is 3. The van der Waals surface area contributed by atoms with Crippen molar-refractivity contribution >= 4 is 38.9 Å². The van der Waals surface area contributed by atoms with Crippen molar-refractivity contribution in [1.29, 1.82) is 0 Å². The van der Waals surface area contributed by atoms with Crippen LogP contribution in [0.15, 0.2) is 28.1 Å². The lowest BCUT2D eigenvalue weighted by Gasteiger charge is -2.10. The molecule has 2 N–H and O–H groups in total. The monoisotopic (exact) mass is 351 g/mol. The molecular weight excluding hydrogens is 344 g/mol. The standard InChI is InChI=1S/C12H9BrClF2NS/c13-12-7(14)5-10(18-12)9(17)4-6-2-1-3-8(15)11(6)16/h1-3,5,9H,4,17H2. The Labute approximate surface area is 121 Å². The van der Waals surface area contributed by atoms with Crippen molar-refractivity contribution < 1.29 is 8.78 Å². The number of nitrogens with two attached hydrogens (primary N) is 1. The van der Waals surface area contributed by atoms with Crippen LogP contribution in [0.5, 0.6) is 0 Å². The summed E-state index contributed by atoms with van der Waals surface area (Å²) in [6.07, 6.45) is 0.229. The second kappa shape index (κ2) is 5.65. The summed E-state index contributed by atoms with van der Waals surface area (Å²) in [5.74, 6) is -1.69. The topological polar surface area (TPSA) is 26.0 Å². The van der Waals surface area contributed by atoms with Crippen LogP contribution in [-0.4, -0.2) is 0 Å². The van der Waals surface area contributed by atoms with Crippen LogP contribution in [0.4, 0.5) is 8.78 Å². The van der Waals surface area contributed by atoms with Crippen LogP contribution in [0, 0.1) is 11.6 Å². The molecule has 0 radical (unpaired) electrons. The van der Waals surface area contributed by atoms with E-state index < -0.39 is 17.7 Å². The highest BCUT2D eigenvalue weighted by Gasteiger charge is 2.16. The van der Waals surface area contributed by atoms with E-state index in [0.29, 0.717) is 5.02 Å². The minimum atomic E-state index is -0.856. The molecule has 2 rings (SSSR count). The maximum Gasteiger partial charge on any atom is 0.162 e. The zero-order valence-corrected chi connectivity index (χ0v) is 12.2. The molecule has 96 valence electrons. The fraction of sp³-hybridized carbons (Fsp3) is 0.167. The van der Waals surface area contributed by atoms with Crippen molar-refractivity contribution in [2.24, 2.45) is 5.73 Å². The largest absolute Gasteiger partial charge is 0.323 e. The fourth-order valence-electron chi connectivity index (χ4n) is 1.59. The molecule has 0 aliphatic heterocycles. The van der Waals surface area contributed by atoms with Crippen LogP contribution in [0.2, 0.25) is 5.02 Å². The first-order valence-electron chi connectivity index (χ1n) is 5.12. The second-order valence-electron chi connectivity index (χ2n) is 3.79. The molecule has 0 aliphatic carbocycles. The molecule has 0 amide bonds. The molecule has 1 nitrogen and oxygen atoms in total. The third-order valence-corrected chi connectivity index (χ3v) is 5.11. The molecule has 6 heteroatoms. The summed E-state index contributed by atoms with van der Waals surface area (Å²) in [6, 6.07) is 5.41. The van der Waals surface area contributed by atoms with Crippen molar-refractivity contribution in [3.8, 4) is 0 Å². The molecule has 1 aromatic heterocycles. The number of hydrogen-bond donors (Lipinski definition) is 1. The third-order valence-electron chi connectivity index (χ3n) is 2.50. The molecular formula is C12H9BrClF2NS. The minimum absolute atomic E-state index is 0.229. The van der Waals surface area contributed by atoms with E-state index in [9.17, 15) is 8.78 Å². The quantitative estimate of drug-likeness (QED) is 0.852. The van der Waals surface area contributed by atoms with Gasteiger partial charge >= 0.3 is 0 Å². The Morgan fingerprint density at radius 1 is 1.39 bits per heavy atom. The highest BCUT2D eigenvalue weighted by Crippen LogP contribution is 2.35. The smallest absolute Gasteiger partial charge is 0.162 e. The summed E-state index contributed by atoms with van der Waals surface area (Å²) < 4.78 is 27.3. The molecule has 18 heavy (non-hydrogen) atoms.